The fourth-order valence-electron chi connectivity index (χ4n) is 8.53. The zero-order valence-corrected chi connectivity index (χ0v) is 50.5. The van der Waals surface area contributed by atoms with E-state index in [0.717, 1.165) is 21.6 Å². The van der Waals surface area contributed by atoms with Gasteiger partial charge in [0.05, 0.1) is 6.10 Å². The Morgan fingerprint density at radius 2 is 1.30 bits per heavy atom. The summed E-state index contributed by atoms with van der Waals surface area (Å²) in [6, 6.07) is 1.48. The molecule has 464 valence electrons. The molecule has 0 bridgehead atoms. The van der Waals surface area contributed by atoms with Crippen LogP contribution in [0.1, 0.15) is 111 Å². The number of amides is 10. The molecular formula is C56H84N12O14S2. The molecule has 1 saturated heterocycles. The highest BCUT2D eigenvalue weighted by Crippen LogP contribution is 2.25. The van der Waals surface area contributed by atoms with E-state index in [4.69, 9.17) is 20.9 Å². The summed E-state index contributed by atoms with van der Waals surface area (Å²) >= 11 is 0. The van der Waals surface area contributed by atoms with Crippen LogP contribution in [0, 0.1) is 0 Å². The van der Waals surface area contributed by atoms with Gasteiger partial charge in [-0.05, 0) is 129 Å². The predicted octanol–water partition coefficient (Wildman–Crippen LogP) is 1.44. The van der Waals surface area contributed by atoms with Gasteiger partial charge in [-0.3, -0.25) is 38.4 Å². The van der Waals surface area contributed by atoms with Crippen molar-refractivity contribution in [2.45, 2.75) is 179 Å². The highest BCUT2D eigenvalue weighted by Gasteiger charge is 2.36. The van der Waals surface area contributed by atoms with Crippen molar-refractivity contribution in [3.05, 3.63) is 65.9 Å². The van der Waals surface area contributed by atoms with Crippen LogP contribution < -0.4 is 59.3 Å². The number of hydrogen-bond acceptors (Lipinski definition) is 17. The number of carbonyl (C=O) groups excluding carboxylic acids is 10. The Morgan fingerprint density at radius 1 is 0.714 bits per heavy atom. The van der Waals surface area contributed by atoms with Crippen LogP contribution in [-0.4, -0.2) is 165 Å². The molecule has 1 aliphatic heterocycles. The van der Waals surface area contributed by atoms with Crippen molar-refractivity contribution >= 4 is 91.9 Å². The quantitative estimate of drug-likeness (QED) is 0.0530. The largest absolute Gasteiger partial charge is 0.508 e. The molecule has 3 aromatic rings. The number of phenolic OH excluding ortho intramolecular Hbond substituents is 1. The molecule has 1 aliphatic rings. The number of ether oxygens (including phenoxy) is 2. The minimum absolute atomic E-state index is 0.0416. The van der Waals surface area contributed by atoms with Crippen LogP contribution in [0.3, 0.4) is 0 Å². The summed E-state index contributed by atoms with van der Waals surface area (Å²) in [7, 11) is 1.90. The number of alkyl carbamates (subject to hydrolysis) is 2. The van der Waals surface area contributed by atoms with Gasteiger partial charge < -0.3 is 84.0 Å². The fourth-order valence-corrected chi connectivity index (χ4v) is 10.9. The number of para-hydroxylation sites is 1. The number of nitrogens with one attached hydrogen (secondary N) is 10. The van der Waals surface area contributed by atoms with Crippen molar-refractivity contribution in [2.75, 3.05) is 24.6 Å². The number of nitrogens with two attached hydrogens (primary N) is 2. The van der Waals surface area contributed by atoms with E-state index in [1.165, 1.54) is 31.2 Å². The van der Waals surface area contributed by atoms with Crippen LogP contribution in [-0.2, 0) is 60.7 Å². The number of benzene rings is 2. The smallest absolute Gasteiger partial charge is 0.408 e. The van der Waals surface area contributed by atoms with E-state index in [9.17, 15) is 53.4 Å². The Balaban J connectivity index is 1.86. The number of fused-ring (bicyclic) bond motifs is 1. The molecule has 0 saturated carbocycles. The number of aliphatic hydroxyl groups is 1. The van der Waals surface area contributed by atoms with Gasteiger partial charge in [-0.1, -0.05) is 58.8 Å². The maximum absolute atomic E-state index is 15.0. The lowest BCUT2D eigenvalue weighted by Crippen LogP contribution is -2.61. The van der Waals surface area contributed by atoms with Crippen LogP contribution in [0.5, 0.6) is 5.75 Å². The number of rotatable bonds is 21. The fraction of sp³-hybridized carbons (Fsp3) is 0.571. The minimum atomic E-state index is -1.60. The van der Waals surface area contributed by atoms with Crippen LogP contribution in [0.4, 0.5) is 9.59 Å². The second-order valence-corrected chi connectivity index (χ2v) is 24.9. The molecule has 0 aliphatic carbocycles. The van der Waals surface area contributed by atoms with Gasteiger partial charge in [0.25, 0.3) is 0 Å². The van der Waals surface area contributed by atoms with Gasteiger partial charge in [0, 0.05) is 48.0 Å². The standard InChI is InChI=1S/C56H84N12O14S2/c1-9-36-46(72)65-43(52(78)68-44(31(2)69)45(58)71)30-84-83-29-42(66-48(74)39(18-12-14-24-57)67-54(80)82-56(6,7)8)51(77)63-40(26-32-20-22-34(70)23-21-32)49(75)64-41(27-33-28-60-37-17-11-10-16-35(33)37)50(76)62-38(47(73)61-36)19-13-15-25-59-53(79)81-55(3,4)5/h10-11,16-17,20-23,28,31,36,38-44,60,69-70H,9,12-15,18-19,24-27,29-30,57H2,1-8H3,(H2,58,71)(H,59,79)(H,61,73)(H,62,76)(H,63,77)(H,64,75)(H,65,72)(H,66,74)(H,67,80)(H,68,78)/t31-,36+,38+,39-,40+,41-,42+,43+,44+/m1/s1. The maximum Gasteiger partial charge on any atom is 0.408 e. The highest BCUT2D eigenvalue weighted by molar-refractivity contribution is 8.76. The molecule has 1 aromatic heterocycles. The molecule has 0 unspecified atom stereocenters. The molecule has 4 rings (SSSR count). The first-order chi connectivity index (χ1) is 39.6. The number of unbranched alkanes of at least 4 members (excludes halogenated alkanes) is 2. The second kappa shape index (κ2) is 33.3. The van der Waals surface area contributed by atoms with E-state index >= 15 is 4.79 Å². The number of hydrogen-bond donors (Lipinski definition) is 14. The minimum Gasteiger partial charge on any atom is -0.508 e. The number of aliphatic hydroxyl groups excluding tert-OH is 1. The summed E-state index contributed by atoms with van der Waals surface area (Å²) in [5.41, 5.74) is 11.3. The van der Waals surface area contributed by atoms with E-state index in [-0.39, 0.29) is 68.9 Å². The lowest BCUT2D eigenvalue weighted by Gasteiger charge is -2.29. The molecule has 16 N–H and O–H groups in total. The Bertz CT molecular complexity index is 2730. The molecule has 9 atom stereocenters. The zero-order chi connectivity index (χ0) is 62.3. The third-order valence-electron chi connectivity index (χ3n) is 12.9. The molecule has 10 amide bonds. The molecule has 84 heavy (non-hydrogen) atoms. The van der Waals surface area contributed by atoms with Crippen LogP contribution in [0.25, 0.3) is 10.9 Å². The Morgan fingerprint density at radius 3 is 1.93 bits per heavy atom. The second-order valence-electron chi connectivity index (χ2n) is 22.3. The Hall–Kier alpha value is -7.30. The zero-order valence-electron chi connectivity index (χ0n) is 48.8. The maximum atomic E-state index is 15.0. The Labute approximate surface area is 496 Å². The predicted molar refractivity (Wildman–Crippen MR) is 318 cm³/mol. The molecular weight excluding hydrogens is 1130 g/mol. The third-order valence-corrected chi connectivity index (χ3v) is 15.3. The monoisotopic (exact) mass is 1210 g/mol. The van der Waals surface area contributed by atoms with Crippen molar-refractivity contribution in [1.29, 1.82) is 0 Å². The van der Waals surface area contributed by atoms with E-state index in [1.807, 2.05) is 18.2 Å². The van der Waals surface area contributed by atoms with E-state index in [0.29, 0.717) is 41.3 Å². The molecule has 2 heterocycles. The summed E-state index contributed by atoms with van der Waals surface area (Å²) in [4.78, 5) is 143. The number of aromatic nitrogens is 1. The number of aromatic hydroxyl groups is 1. The average molecular weight is 1210 g/mol. The Kier molecular flexibility index (Phi) is 27.4. The first-order valence-electron chi connectivity index (χ1n) is 27.9. The summed E-state index contributed by atoms with van der Waals surface area (Å²) < 4.78 is 10.8. The number of carbonyl (C=O) groups is 10. The van der Waals surface area contributed by atoms with Crippen molar-refractivity contribution < 1.29 is 67.6 Å². The lowest BCUT2D eigenvalue weighted by atomic mass is 10.0. The van der Waals surface area contributed by atoms with Gasteiger partial charge in [-0.15, -0.1) is 0 Å². The van der Waals surface area contributed by atoms with E-state index in [2.05, 4.69) is 52.8 Å². The average Bonchev–Trinajstić information content (AvgIpc) is 3.83. The van der Waals surface area contributed by atoms with Crippen LogP contribution in [0.2, 0.25) is 0 Å². The summed E-state index contributed by atoms with van der Waals surface area (Å²) in [5, 5.41) is 45.2. The van der Waals surface area contributed by atoms with Crippen molar-refractivity contribution in [3.8, 4) is 5.75 Å². The van der Waals surface area contributed by atoms with Gasteiger partial charge in [-0.25, -0.2) is 9.59 Å². The van der Waals surface area contributed by atoms with Crippen molar-refractivity contribution in [3.63, 3.8) is 0 Å². The summed E-state index contributed by atoms with van der Waals surface area (Å²) in [6.07, 6.45) is -0.403. The third kappa shape index (κ3) is 23.8. The van der Waals surface area contributed by atoms with Gasteiger partial charge in [0.1, 0.15) is 65.3 Å². The highest BCUT2D eigenvalue weighted by atomic mass is 33.1. The molecule has 1 fully saturated rings. The molecule has 0 radical (unpaired) electrons. The van der Waals surface area contributed by atoms with Crippen molar-refractivity contribution in [1.82, 2.24) is 52.8 Å². The molecule has 2 aromatic carbocycles. The van der Waals surface area contributed by atoms with Gasteiger partial charge in [0.15, 0.2) is 0 Å². The number of phenols is 1. The van der Waals surface area contributed by atoms with Crippen LogP contribution >= 0.6 is 21.6 Å². The number of primary amides is 1. The SMILES string of the molecule is CC[C@@H]1NC(=O)[C@H](CCCCNC(=O)OC(C)(C)C)NC(=O)[C@@H](Cc2c[nH]c3ccccc23)NC(=O)[C@H](Cc2ccc(O)cc2)NC(=O)[C@@H](NC(=O)[C@@H](CCCCN)NC(=O)OC(C)(C)C)CSSC[C@@H](C(=O)N[C@H](C(N)=O)[C@@H](C)O)NC1=O. The molecule has 28 heteroatoms. The number of H-pyrrole nitrogens is 1. The first-order valence-corrected chi connectivity index (χ1v) is 30.4. The molecule has 0 spiro atoms. The van der Waals surface area contributed by atoms with E-state index in [1.54, 1.807) is 60.7 Å². The summed E-state index contributed by atoms with van der Waals surface area (Å²) in [5.74, 6) is -7.83. The number of aromatic amines is 1. The van der Waals surface area contributed by atoms with Gasteiger partial charge in [-0.2, -0.15) is 0 Å². The van der Waals surface area contributed by atoms with Gasteiger partial charge >= 0.3 is 12.2 Å². The normalized spacial score (nSPS) is 20.9. The van der Waals surface area contributed by atoms with Crippen molar-refractivity contribution in [2.24, 2.45) is 11.5 Å². The van der Waals surface area contributed by atoms with E-state index < -0.39 is 125 Å². The summed E-state index contributed by atoms with van der Waals surface area (Å²) in [6.45, 7) is 13.2. The lowest BCUT2D eigenvalue weighted by molar-refractivity contribution is -0.135. The molecule has 26 nitrogen and oxygen atoms in total. The first kappa shape index (κ1) is 69.2. The van der Waals surface area contributed by atoms with Crippen LogP contribution in [0.15, 0.2) is 54.7 Å². The topological polar surface area (TPSA) is 406 Å². The van der Waals surface area contributed by atoms with Gasteiger partial charge in [0.2, 0.25) is 47.3 Å².